The summed E-state index contributed by atoms with van der Waals surface area (Å²) in [5.41, 5.74) is 5.35. The Bertz CT molecular complexity index is 885. The van der Waals surface area contributed by atoms with Gasteiger partial charge in [0.1, 0.15) is 0 Å². The first-order valence-electron chi connectivity index (χ1n) is 9.99. The number of hydrogen-bond acceptors (Lipinski definition) is 4. The van der Waals surface area contributed by atoms with Crippen LogP contribution in [0, 0.1) is 26.7 Å². The SMILES string of the molecule is CCc1c(C)nc2n(c1=O)CN(CCC(C)C)CN2c1ccc(C)cc1C. The predicted octanol–water partition coefficient (Wildman–Crippen LogP) is 4.15. The maximum Gasteiger partial charge on any atom is 0.259 e. The summed E-state index contributed by atoms with van der Waals surface area (Å²) in [5, 5.41) is 0. The van der Waals surface area contributed by atoms with E-state index in [4.69, 9.17) is 4.98 Å². The standard InChI is InChI=1S/C22H32N4O/c1-7-19-18(6)23-22-25(20-9-8-16(4)12-17(20)5)13-24(11-10-15(2)3)14-26(22)21(19)27/h8-9,12,15H,7,10-11,13-14H2,1-6H3. The van der Waals surface area contributed by atoms with Gasteiger partial charge < -0.3 is 0 Å². The van der Waals surface area contributed by atoms with E-state index in [9.17, 15) is 4.79 Å². The van der Waals surface area contributed by atoms with Gasteiger partial charge in [0, 0.05) is 23.5 Å². The maximum absolute atomic E-state index is 13.1. The first-order chi connectivity index (χ1) is 12.8. The third kappa shape index (κ3) is 3.93. The Morgan fingerprint density at radius 1 is 1.15 bits per heavy atom. The molecule has 2 aromatic rings. The quantitative estimate of drug-likeness (QED) is 0.795. The van der Waals surface area contributed by atoms with Crippen molar-refractivity contribution in [3.05, 3.63) is 50.9 Å². The molecule has 0 unspecified atom stereocenters. The van der Waals surface area contributed by atoms with Gasteiger partial charge in [0.15, 0.2) is 0 Å². The van der Waals surface area contributed by atoms with Gasteiger partial charge in [0.25, 0.3) is 5.56 Å². The summed E-state index contributed by atoms with van der Waals surface area (Å²) in [5.74, 6) is 1.41. The topological polar surface area (TPSA) is 41.4 Å². The van der Waals surface area contributed by atoms with Crippen molar-refractivity contribution in [2.75, 3.05) is 18.1 Å². The molecule has 0 spiro atoms. The van der Waals surface area contributed by atoms with Crippen LogP contribution in [0.4, 0.5) is 11.6 Å². The van der Waals surface area contributed by atoms with Crippen LogP contribution in [0.25, 0.3) is 0 Å². The highest BCUT2D eigenvalue weighted by molar-refractivity contribution is 5.63. The van der Waals surface area contributed by atoms with E-state index in [1.54, 1.807) is 0 Å². The molecule has 0 saturated carbocycles. The third-order valence-electron chi connectivity index (χ3n) is 5.39. The fourth-order valence-corrected chi connectivity index (χ4v) is 3.81. The van der Waals surface area contributed by atoms with E-state index in [1.807, 2.05) is 18.4 Å². The molecule has 27 heavy (non-hydrogen) atoms. The highest BCUT2D eigenvalue weighted by Gasteiger charge is 2.28. The molecule has 2 heterocycles. The zero-order valence-electron chi connectivity index (χ0n) is 17.5. The molecule has 1 aliphatic heterocycles. The molecule has 0 atom stereocenters. The molecule has 0 radical (unpaired) electrons. The summed E-state index contributed by atoms with van der Waals surface area (Å²) in [6, 6.07) is 6.47. The molecule has 0 fully saturated rings. The average molecular weight is 369 g/mol. The van der Waals surface area contributed by atoms with Crippen LogP contribution in [-0.2, 0) is 13.1 Å². The van der Waals surface area contributed by atoms with Crippen LogP contribution >= 0.6 is 0 Å². The molecular formula is C22H32N4O. The van der Waals surface area contributed by atoms with E-state index in [2.05, 4.69) is 55.7 Å². The van der Waals surface area contributed by atoms with Crippen molar-refractivity contribution in [3.63, 3.8) is 0 Å². The minimum absolute atomic E-state index is 0.101. The number of nitrogens with zero attached hydrogens (tertiary/aromatic N) is 4. The van der Waals surface area contributed by atoms with Gasteiger partial charge in [-0.1, -0.05) is 38.5 Å². The van der Waals surface area contributed by atoms with Crippen molar-refractivity contribution in [1.29, 1.82) is 0 Å². The zero-order valence-corrected chi connectivity index (χ0v) is 17.5. The summed E-state index contributed by atoms with van der Waals surface area (Å²) < 4.78 is 1.86. The zero-order chi connectivity index (χ0) is 19.7. The largest absolute Gasteiger partial charge is 0.298 e. The van der Waals surface area contributed by atoms with Crippen molar-refractivity contribution in [3.8, 4) is 0 Å². The number of rotatable bonds is 5. The number of aryl methyl sites for hydroxylation is 3. The number of aromatic nitrogens is 2. The Labute approximate surface area is 162 Å². The molecule has 5 nitrogen and oxygen atoms in total. The molecule has 3 rings (SSSR count). The predicted molar refractivity (Wildman–Crippen MR) is 112 cm³/mol. The van der Waals surface area contributed by atoms with E-state index >= 15 is 0 Å². The minimum atomic E-state index is 0.101. The minimum Gasteiger partial charge on any atom is -0.298 e. The van der Waals surface area contributed by atoms with Gasteiger partial charge in [-0.15, -0.1) is 0 Å². The molecule has 146 valence electrons. The first kappa shape index (κ1) is 19.6. The van der Waals surface area contributed by atoms with E-state index in [0.717, 1.165) is 42.5 Å². The normalized spacial score (nSPS) is 14.7. The molecule has 0 N–H and O–H groups in total. The second-order valence-electron chi connectivity index (χ2n) is 8.14. The van der Waals surface area contributed by atoms with Gasteiger partial charge in [-0.05, 0) is 51.2 Å². The van der Waals surface area contributed by atoms with Crippen LogP contribution in [0.1, 0.15) is 49.6 Å². The summed E-state index contributed by atoms with van der Waals surface area (Å²) in [6.45, 7) is 15.0. The smallest absolute Gasteiger partial charge is 0.259 e. The number of anilines is 2. The molecular weight excluding hydrogens is 336 g/mol. The fraction of sp³-hybridized carbons (Fsp3) is 0.545. The van der Waals surface area contributed by atoms with E-state index in [0.29, 0.717) is 19.0 Å². The Hall–Kier alpha value is -2.14. The van der Waals surface area contributed by atoms with Crippen molar-refractivity contribution in [2.45, 2.75) is 61.1 Å². The van der Waals surface area contributed by atoms with E-state index in [1.165, 1.54) is 11.1 Å². The Morgan fingerprint density at radius 2 is 1.89 bits per heavy atom. The lowest BCUT2D eigenvalue weighted by atomic mass is 10.1. The summed E-state index contributed by atoms with van der Waals surface area (Å²) in [4.78, 5) is 22.5. The molecule has 1 aromatic heterocycles. The molecule has 1 aliphatic rings. The highest BCUT2D eigenvalue weighted by Crippen LogP contribution is 2.31. The van der Waals surface area contributed by atoms with Crippen LogP contribution < -0.4 is 10.5 Å². The second kappa shape index (κ2) is 7.85. The van der Waals surface area contributed by atoms with E-state index < -0.39 is 0 Å². The van der Waals surface area contributed by atoms with Gasteiger partial charge >= 0.3 is 0 Å². The van der Waals surface area contributed by atoms with Crippen LogP contribution in [0.5, 0.6) is 0 Å². The molecule has 1 aromatic carbocycles. The summed E-state index contributed by atoms with van der Waals surface area (Å²) in [7, 11) is 0. The lowest BCUT2D eigenvalue weighted by Gasteiger charge is -2.39. The highest BCUT2D eigenvalue weighted by atomic mass is 16.1. The molecule has 0 aliphatic carbocycles. The number of benzene rings is 1. The first-order valence-corrected chi connectivity index (χ1v) is 9.99. The van der Waals surface area contributed by atoms with Crippen LogP contribution in [0.2, 0.25) is 0 Å². The Morgan fingerprint density at radius 3 is 2.52 bits per heavy atom. The van der Waals surface area contributed by atoms with Crippen molar-refractivity contribution < 1.29 is 0 Å². The monoisotopic (exact) mass is 368 g/mol. The number of fused-ring (bicyclic) bond motifs is 1. The van der Waals surface area contributed by atoms with Crippen molar-refractivity contribution in [2.24, 2.45) is 5.92 Å². The average Bonchev–Trinajstić information content (AvgIpc) is 2.60. The van der Waals surface area contributed by atoms with Gasteiger partial charge in [-0.25, -0.2) is 4.98 Å². The Balaban J connectivity index is 2.11. The summed E-state index contributed by atoms with van der Waals surface area (Å²) in [6.07, 6.45) is 1.83. The molecule has 0 saturated heterocycles. The number of hydrogen-bond donors (Lipinski definition) is 0. The van der Waals surface area contributed by atoms with Crippen molar-refractivity contribution in [1.82, 2.24) is 14.5 Å². The van der Waals surface area contributed by atoms with Gasteiger partial charge in [0.05, 0.1) is 13.3 Å². The Kier molecular flexibility index (Phi) is 5.70. The van der Waals surface area contributed by atoms with Gasteiger partial charge in [0.2, 0.25) is 5.95 Å². The lowest BCUT2D eigenvalue weighted by molar-refractivity contribution is 0.188. The molecule has 0 bridgehead atoms. The van der Waals surface area contributed by atoms with Crippen LogP contribution in [-0.4, -0.2) is 27.7 Å². The molecule has 0 amide bonds. The lowest BCUT2D eigenvalue weighted by Crippen LogP contribution is -2.48. The van der Waals surface area contributed by atoms with Gasteiger partial charge in [-0.2, -0.15) is 0 Å². The van der Waals surface area contributed by atoms with Crippen LogP contribution in [0.3, 0.4) is 0 Å². The second-order valence-corrected chi connectivity index (χ2v) is 8.14. The van der Waals surface area contributed by atoms with E-state index in [-0.39, 0.29) is 5.56 Å². The van der Waals surface area contributed by atoms with Gasteiger partial charge in [-0.3, -0.25) is 19.2 Å². The summed E-state index contributed by atoms with van der Waals surface area (Å²) >= 11 is 0. The fourth-order valence-electron chi connectivity index (χ4n) is 3.81. The van der Waals surface area contributed by atoms with Crippen molar-refractivity contribution >= 4 is 11.6 Å². The third-order valence-corrected chi connectivity index (χ3v) is 5.39. The maximum atomic E-state index is 13.1. The van der Waals surface area contributed by atoms with Crippen LogP contribution in [0.15, 0.2) is 23.0 Å². The molecule has 5 heteroatoms.